The van der Waals surface area contributed by atoms with Crippen LogP contribution in [-0.4, -0.2) is 31.6 Å². The lowest BCUT2D eigenvalue weighted by atomic mass is 10.1. The third kappa shape index (κ3) is 4.76. The van der Waals surface area contributed by atoms with Crippen LogP contribution in [0, 0.1) is 0 Å². The molecule has 0 unspecified atom stereocenters. The van der Waals surface area contributed by atoms with Gasteiger partial charge in [-0.2, -0.15) is 0 Å². The standard InChI is InChI=1S/C22H18N4O4S2/c1-30-16-9-10-17(19(14-16)26-32(28,29)21-8-5-13-31-21)22(27)23-20-12-11-18(24-25-20)15-6-3-2-4-7-15/h2-14,26H,1H3,(H,23,25,27). The highest BCUT2D eigenvalue weighted by Gasteiger charge is 2.21. The summed E-state index contributed by atoms with van der Waals surface area (Å²) in [4.78, 5) is 12.9. The molecule has 0 atom stereocenters. The van der Waals surface area contributed by atoms with Crippen molar-refractivity contribution in [3.05, 3.63) is 83.7 Å². The summed E-state index contributed by atoms with van der Waals surface area (Å²) in [6.45, 7) is 0. The number of hydrogen-bond donors (Lipinski definition) is 2. The number of nitrogens with zero attached hydrogens (tertiary/aromatic N) is 2. The lowest BCUT2D eigenvalue weighted by Gasteiger charge is -2.13. The summed E-state index contributed by atoms with van der Waals surface area (Å²) in [5.74, 6) is 0.0910. The molecule has 2 heterocycles. The normalized spacial score (nSPS) is 11.0. The fourth-order valence-electron chi connectivity index (χ4n) is 2.89. The van der Waals surface area contributed by atoms with Crippen LogP contribution in [0.25, 0.3) is 11.3 Å². The highest BCUT2D eigenvalue weighted by molar-refractivity contribution is 7.94. The van der Waals surface area contributed by atoms with Gasteiger partial charge in [-0.15, -0.1) is 21.5 Å². The average Bonchev–Trinajstić information content (AvgIpc) is 3.36. The van der Waals surface area contributed by atoms with Gasteiger partial charge in [-0.25, -0.2) is 8.42 Å². The van der Waals surface area contributed by atoms with Gasteiger partial charge in [0.2, 0.25) is 0 Å². The fourth-order valence-corrected chi connectivity index (χ4v) is 4.95. The number of nitrogens with one attached hydrogen (secondary N) is 2. The second kappa shape index (κ2) is 9.16. The number of rotatable bonds is 7. The fraction of sp³-hybridized carbons (Fsp3) is 0.0455. The summed E-state index contributed by atoms with van der Waals surface area (Å²) >= 11 is 1.07. The van der Waals surface area contributed by atoms with Crippen molar-refractivity contribution in [3.8, 4) is 17.0 Å². The van der Waals surface area contributed by atoms with E-state index in [1.54, 1.807) is 29.6 Å². The first-order chi connectivity index (χ1) is 15.5. The Kier molecular flexibility index (Phi) is 6.15. The van der Waals surface area contributed by atoms with E-state index >= 15 is 0 Å². The van der Waals surface area contributed by atoms with E-state index in [4.69, 9.17) is 4.74 Å². The number of anilines is 2. The summed E-state index contributed by atoms with van der Waals surface area (Å²) in [5.41, 5.74) is 1.76. The molecule has 2 N–H and O–H groups in total. The molecule has 10 heteroatoms. The van der Waals surface area contributed by atoms with E-state index in [9.17, 15) is 13.2 Å². The molecule has 0 bridgehead atoms. The van der Waals surface area contributed by atoms with Crippen molar-refractivity contribution in [2.45, 2.75) is 4.21 Å². The van der Waals surface area contributed by atoms with E-state index in [0.717, 1.165) is 16.9 Å². The molecule has 162 valence electrons. The molecule has 1 amide bonds. The number of thiophene rings is 1. The van der Waals surface area contributed by atoms with Gasteiger partial charge in [0, 0.05) is 11.6 Å². The van der Waals surface area contributed by atoms with Gasteiger partial charge in [0.15, 0.2) is 5.82 Å². The largest absolute Gasteiger partial charge is 0.497 e. The first-order valence-corrected chi connectivity index (χ1v) is 11.8. The summed E-state index contributed by atoms with van der Waals surface area (Å²) in [7, 11) is -2.40. The second-order valence-corrected chi connectivity index (χ2v) is 9.43. The van der Waals surface area contributed by atoms with Crippen LogP contribution in [-0.2, 0) is 10.0 Å². The number of carbonyl (C=O) groups is 1. The maximum absolute atomic E-state index is 12.9. The number of carbonyl (C=O) groups excluding carboxylic acids is 1. The molecular weight excluding hydrogens is 448 g/mol. The van der Waals surface area contributed by atoms with Crippen LogP contribution in [0.5, 0.6) is 5.75 Å². The number of amides is 1. The van der Waals surface area contributed by atoms with Crippen molar-refractivity contribution >= 4 is 38.8 Å². The molecule has 0 saturated carbocycles. The number of benzene rings is 2. The molecule has 32 heavy (non-hydrogen) atoms. The molecule has 2 aromatic carbocycles. The van der Waals surface area contributed by atoms with Gasteiger partial charge in [-0.3, -0.25) is 9.52 Å². The van der Waals surface area contributed by atoms with E-state index in [0.29, 0.717) is 11.4 Å². The molecule has 0 radical (unpaired) electrons. The highest BCUT2D eigenvalue weighted by atomic mass is 32.2. The van der Waals surface area contributed by atoms with Crippen molar-refractivity contribution < 1.29 is 17.9 Å². The summed E-state index contributed by atoms with van der Waals surface area (Å²) in [6.07, 6.45) is 0. The molecule has 2 aromatic heterocycles. The van der Waals surface area contributed by atoms with E-state index in [1.807, 2.05) is 30.3 Å². The Hall–Kier alpha value is -3.76. The quantitative estimate of drug-likeness (QED) is 0.421. The van der Waals surface area contributed by atoms with Crippen molar-refractivity contribution in [1.82, 2.24) is 10.2 Å². The maximum Gasteiger partial charge on any atom is 0.271 e. The summed E-state index contributed by atoms with van der Waals surface area (Å²) < 4.78 is 33.1. The smallest absolute Gasteiger partial charge is 0.271 e. The minimum Gasteiger partial charge on any atom is -0.497 e. The third-order valence-electron chi connectivity index (χ3n) is 4.45. The first kappa shape index (κ1) is 21.5. The predicted octanol–water partition coefficient (Wildman–Crippen LogP) is 4.27. The SMILES string of the molecule is COc1ccc(C(=O)Nc2ccc(-c3ccccc3)nn2)c(NS(=O)(=O)c2cccs2)c1. The van der Waals surface area contributed by atoms with Gasteiger partial charge in [-0.1, -0.05) is 36.4 Å². The number of methoxy groups -OCH3 is 1. The number of ether oxygens (including phenoxy) is 1. The minimum atomic E-state index is -3.86. The number of sulfonamides is 1. The first-order valence-electron chi connectivity index (χ1n) is 9.41. The van der Waals surface area contributed by atoms with Crippen LogP contribution in [0.15, 0.2) is 82.4 Å². The van der Waals surface area contributed by atoms with Crippen LogP contribution in [0.4, 0.5) is 11.5 Å². The van der Waals surface area contributed by atoms with E-state index in [-0.39, 0.29) is 21.3 Å². The zero-order valence-corrected chi connectivity index (χ0v) is 18.5. The molecular formula is C22H18N4O4S2. The van der Waals surface area contributed by atoms with Gasteiger partial charge < -0.3 is 10.1 Å². The average molecular weight is 467 g/mol. The zero-order valence-electron chi connectivity index (χ0n) is 16.8. The molecule has 0 aliphatic carbocycles. The summed E-state index contributed by atoms with van der Waals surface area (Å²) in [6, 6.07) is 20.5. The lowest BCUT2D eigenvalue weighted by molar-refractivity contribution is 0.102. The molecule has 0 saturated heterocycles. The molecule has 8 nitrogen and oxygen atoms in total. The Labute approximate surface area is 189 Å². The van der Waals surface area contributed by atoms with Crippen LogP contribution in [0.3, 0.4) is 0 Å². The van der Waals surface area contributed by atoms with Crippen molar-refractivity contribution in [2.75, 3.05) is 17.1 Å². The third-order valence-corrected chi connectivity index (χ3v) is 7.21. The Morgan fingerprint density at radius 1 is 0.969 bits per heavy atom. The van der Waals surface area contributed by atoms with Crippen molar-refractivity contribution in [1.29, 1.82) is 0 Å². The predicted molar refractivity (Wildman–Crippen MR) is 124 cm³/mol. The van der Waals surface area contributed by atoms with Crippen LogP contribution < -0.4 is 14.8 Å². The van der Waals surface area contributed by atoms with Gasteiger partial charge in [0.25, 0.3) is 15.9 Å². The Morgan fingerprint density at radius 2 is 1.78 bits per heavy atom. The number of aromatic nitrogens is 2. The molecule has 4 aromatic rings. The molecule has 0 aliphatic rings. The lowest BCUT2D eigenvalue weighted by Crippen LogP contribution is -2.19. The Balaban J connectivity index is 1.58. The molecule has 0 fully saturated rings. The van der Waals surface area contributed by atoms with Crippen molar-refractivity contribution in [3.63, 3.8) is 0 Å². The topological polar surface area (TPSA) is 110 Å². The van der Waals surface area contributed by atoms with E-state index in [2.05, 4.69) is 20.2 Å². The highest BCUT2D eigenvalue weighted by Crippen LogP contribution is 2.27. The zero-order chi connectivity index (χ0) is 22.6. The Morgan fingerprint density at radius 3 is 2.44 bits per heavy atom. The minimum absolute atomic E-state index is 0.0871. The molecule has 0 spiro atoms. The van der Waals surface area contributed by atoms with Gasteiger partial charge in [-0.05, 0) is 35.7 Å². The van der Waals surface area contributed by atoms with Crippen molar-refractivity contribution in [2.24, 2.45) is 0 Å². The second-order valence-electron chi connectivity index (χ2n) is 6.57. The van der Waals surface area contributed by atoms with E-state index < -0.39 is 15.9 Å². The molecule has 0 aliphatic heterocycles. The number of hydrogen-bond acceptors (Lipinski definition) is 7. The van der Waals surface area contributed by atoms with E-state index in [1.165, 1.54) is 25.3 Å². The molecule has 4 rings (SSSR count). The maximum atomic E-state index is 12.9. The van der Waals surface area contributed by atoms with Crippen LogP contribution in [0.1, 0.15) is 10.4 Å². The van der Waals surface area contributed by atoms with Crippen LogP contribution in [0.2, 0.25) is 0 Å². The van der Waals surface area contributed by atoms with Crippen LogP contribution >= 0.6 is 11.3 Å². The Bertz CT molecular complexity index is 1320. The van der Waals surface area contributed by atoms with Gasteiger partial charge in [0.1, 0.15) is 9.96 Å². The monoisotopic (exact) mass is 466 g/mol. The van der Waals surface area contributed by atoms with Gasteiger partial charge >= 0.3 is 0 Å². The summed E-state index contributed by atoms with van der Waals surface area (Å²) in [5, 5.41) is 12.5. The van der Waals surface area contributed by atoms with Gasteiger partial charge in [0.05, 0.1) is 24.1 Å².